The molecule has 0 heterocycles. The van der Waals surface area contributed by atoms with Crippen LogP contribution in [-0.2, 0) is 4.79 Å². The first kappa shape index (κ1) is 13.2. The van der Waals surface area contributed by atoms with Crippen molar-refractivity contribution in [3.8, 4) is 6.07 Å². The normalized spacial score (nSPS) is 12.5. The van der Waals surface area contributed by atoms with Crippen molar-refractivity contribution in [1.29, 1.82) is 5.26 Å². The molecule has 0 bridgehead atoms. The molecule has 0 fully saturated rings. The minimum Gasteiger partial charge on any atom is -0.386 e. The molecule has 0 aromatic heterocycles. The number of hydrogen-bond acceptors (Lipinski definition) is 3. The van der Waals surface area contributed by atoms with Crippen LogP contribution in [0.4, 0.5) is 0 Å². The van der Waals surface area contributed by atoms with Gasteiger partial charge in [0.05, 0.1) is 0 Å². The van der Waals surface area contributed by atoms with Crippen LogP contribution in [0.2, 0.25) is 0 Å². The van der Waals surface area contributed by atoms with E-state index in [4.69, 9.17) is 5.26 Å². The topological polar surface area (TPSA) is 64.9 Å². The van der Waals surface area contributed by atoms with Gasteiger partial charge in [-0.1, -0.05) is 13.0 Å². The van der Waals surface area contributed by atoms with Crippen LogP contribution in [-0.4, -0.2) is 18.5 Å². The molecule has 0 radical (unpaired) electrons. The Morgan fingerprint density at radius 1 is 1.67 bits per heavy atom. The second kappa shape index (κ2) is 7.63. The number of carbonyl (C=O) groups is 1. The van der Waals surface area contributed by atoms with E-state index in [-0.39, 0.29) is 17.5 Å². The first-order chi connectivity index (χ1) is 7.15. The van der Waals surface area contributed by atoms with Gasteiger partial charge in [-0.2, -0.15) is 5.26 Å². The summed E-state index contributed by atoms with van der Waals surface area (Å²) in [6.07, 6.45) is 3.89. The van der Waals surface area contributed by atoms with Crippen LogP contribution >= 0.6 is 0 Å². The third kappa shape index (κ3) is 5.53. The van der Waals surface area contributed by atoms with E-state index in [9.17, 15) is 4.79 Å². The molecular formula is C11H17N3O. The molecule has 0 aliphatic rings. The van der Waals surface area contributed by atoms with E-state index < -0.39 is 0 Å². The molecule has 82 valence electrons. The number of rotatable bonds is 6. The predicted octanol–water partition coefficient (Wildman–Crippen LogP) is 1.08. The van der Waals surface area contributed by atoms with E-state index in [2.05, 4.69) is 17.2 Å². The smallest absolute Gasteiger partial charge is 0.263 e. The molecule has 4 nitrogen and oxygen atoms in total. The Morgan fingerprint density at radius 3 is 2.80 bits per heavy atom. The van der Waals surface area contributed by atoms with Crippen molar-refractivity contribution in [2.24, 2.45) is 0 Å². The maximum atomic E-state index is 11.5. The number of hydrogen-bond donors (Lipinski definition) is 2. The van der Waals surface area contributed by atoms with Gasteiger partial charge in [-0.05, 0) is 13.3 Å². The van der Waals surface area contributed by atoms with Gasteiger partial charge in [-0.3, -0.25) is 4.79 Å². The highest BCUT2D eigenvalue weighted by molar-refractivity contribution is 5.97. The highest BCUT2D eigenvalue weighted by atomic mass is 16.1. The van der Waals surface area contributed by atoms with Gasteiger partial charge < -0.3 is 10.6 Å². The van der Waals surface area contributed by atoms with Crippen LogP contribution in [0.5, 0.6) is 0 Å². The Labute approximate surface area is 90.7 Å². The first-order valence-electron chi connectivity index (χ1n) is 4.91. The Balaban J connectivity index is 4.29. The zero-order valence-corrected chi connectivity index (χ0v) is 9.21. The van der Waals surface area contributed by atoms with Crippen LogP contribution in [0.25, 0.3) is 0 Å². The number of nitrogens with one attached hydrogen (secondary N) is 2. The standard InChI is InChI=1S/C11H17N3O/c1-4-6-13-8-10(7-12)11(15)14-9(3)5-2/h4,8-9,13H,1,5-6H2,2-3H3,(H,14,15)/b10-8-. The summed E-state index contributed by atoms with van der Waals surface area (Å²) in [5, 5.41) is 14.2. The Kier molecular flexibility index (Phi) is 6.73. The summed E-state index contributed by atoms with van der Waals surface area (Å²) < 4.78 is 0. The molecular weight excluding hydrogens is 190 g/mol. The lowest BCUT2D eigenvalue weighted by atomic mass is 10.2. The molecule has 1 atom stereocenters. The monoisotopic (exact) mass is 207 g/mol. The molecule has 4 heteroatoms. The molecule has 0 saturated carbocycles. The third-order valence-corrected chi connectivity index (χ3v) is 1.86. The van der Waals surface area contributed by atoms with Crippen LogP contribution in [0.3, 0.4) is 0 Å². The van der Waals surface area contributed by atoms with Crippen molar-refractivity contribution in [2.45, 2.75) is 26.3 Å². The molecule has 1 unspecified atom stereocenters. The summed E-state index contributed by atoms with van der Waals surface area (Å²) in [6.45, 7) is 7.91. The van der Waals surface area contributed by atoms with Gasteiger partial charge in [0.15, 0.2) is 0 Å². The van der Waals surface area contributed by atoms with Crippen molar-refractivity contribution in [3.63, 3.8) is 0 Å². The molecule has 1 amide bonds. The van der Waals surface area contributed by atoms with Crippen molar-refractivity contribution >= 4 is 5.91 Å². The summed E-state index contributed by atoms with van der Waals surface area (Å²) in [4.78, 5) is 11.5. The average molecular weight is 207 g/mol. The van der Waals surface area contributed by atoms with Gasteiger partial charge in [0.2, 0.25) is 0 Å². The van der Waals surface area contributed by atoms with Crippen LogP contribution in [0.15, 0.2) is 24.4 Å². The first-order valence-corrected chi connectivity index (χ1v) is 4.91. The highest BCUT2D eigenvalue weighted by Gasteiger charge is 2.10. The lowest BCUT2D eigenvalue weighted by Crippen LogP contribution is -2.33. The lowest BCUT2D eigenvalue weighted by molar-refractivity contribution is -0.117. The average Bonchev–Trinajstić information content (AvgIpc) is 2.24. The Bertz CT molecular complexity index is 289. The van der Waals surface area contributed by atoms with Gasteiger partial charge in [0.25, 0.3) is 5.91 Å². The van der Waals surface area contributed by atoms with E-state index in [0.717, 1.165) is 6.42 Å². The van der Waals surface area contributed by atoms with Crippen molar-refractivity contribution in [1.82, 2.24) is 10.6 Å². The molecule has 15 heavy (non-hydrogen) atoms. The molecule has 0 spiro atoms. The van der Waals surface area contributed by atoms with E-state index in [1.165, 1.54) is 6.20 Å². The number of amides is 1. The largest absolute Gasteiger partial charge is 0.386 e. The van der Waals surface area contributed by atoms with Crippen molar-refractivity contribution < 1.29 is 4.79 Å². The fraction of sp³-hybridized carbons (Fsp3) is 0.455. The second-order valence-corrected chi connectivity index (χ2v) is 3.15. The van der Waals surface area contributed by atoms with Gasteiger partial charge in [0, 0.05) is 18.8 Å². The van der Waals surface area contributed by atoms with Gasteiger partial charge in [0.1, 0.15) is 11.6 Å². The number of carbonyl (C=O) groups excluding carboxylic acids is 1. The third-order valence-electron chi connectivity index (χ3n) is 1.86. The maximum absolute atomic E-state index is 11.5. The van der Waals surface area contributed by atoms with Crippen molar-refractivity contribution in [2.75, 3.05) is 6.54 Å². The molecule has 0 aliphatic heterocycles. The zero-order chi connectivity index (χ0) is 11.7. The molecule has 0 aliphatic carbocycles. The molecule has 2 N–H and O–H groups in total. The van der Waals surface area contributed by atoms with Gasteiger partial charge in [-0.15, -0.1) is 6.58 Å². The number of nitriles is 1. The fourth-order valence-corrected chi connectivity index (χ4v) is 0.797. The zero-order valence-electron chi connectivity index (χ0n) is 9.21. The van der Waals surface area contributed by atoms with Crippen molar-refractivity contribution in [3.05, 3.63) is 24.4 Å². The van der Waals surface area contributed by atoms with Crippen LogP contribution < -0.4 is 10.6 Å². The van der Waals surface area contributed by atoms with Gasteiger partial charge in [-0.25, -0.2) is 0 Å². The van der Waals surface area contributed by atoms with E-state index in [1.54, 1.807) is 6.08 Å². The van der Waals surface area contributed by atoms with E-state index >= 15 is 0 Å². The number of nitrogens with zero attached hydrogens (tertiary/aromatic N) is 1. The summed E-state index contributed by atoms with van der Waals surface area (Å²) in [6, 6.07) is 1.92. The Morgan fingerprint density at radius 2 is 2.33 bits per heavy atom. The Hall–Kier alpha value is -1.76. The summed E-state index contributed by atoms with van der Waals surface area (Å²) >= 11 is 0. The minimum atomic E-state index is -0.344. The fourth-order valence-electron chi connectivity index (χ4n) is 0.797. The van der Waals surface area contributed by atoms with E-state index in [1.807, 2.05) is 19.9 Å². The maximum Gasteiger partial charge on any atom is 0.263 e. The SMILES string of the molecule is C=CCN/C=C(/C#N)C(=O)NC(C)CC. The summed E-state index contributed by atoms with van der Waals surface area (Å²) in [5.41, 5.74) is 0.0807. The van der Waals surface area contributed by atoms with E-state index in [0.29, 0.717) is 6.54 Å². The van der Waals surface area contributed by atoms with Gasteiger partial charge >= 0.3 is 0 Å². The molecule has 0 aromatic carbocycles. The minimum absolute atomic E-state index is 0.0775. The lowest BCUT2D eigenvalue weighted by Gasteiger charge is -2.10. The van der Waals surface area contributed by atoms with Crippen LogP contribution in [0.1, 0.15) is 20.3 Å². The summed E-state index contributed by atoms with van der Waals surface area (Å²) in [7, 11) is 0. The molecule has 0 rings (SSSR count). The summed E-state index contributed by atoms with van der Waals surface area (Å²) in [5.74, 6) is -0.344. The predicted molar refractivity (Wildman–Crippen MR) is 59.8 cm³/mol. The highest BCUT2D eigenvalue weighted by Crippen LogP contribution is 1.94. The van der Waals surface area contributed by atoms with Crippen LogP contribution in [0, 0.1) is 11.3 Å². The second-order valence-electron chi connectivity index (χ2n) is 3.15. The molecule has 0 aromatic rings. The quantitative estimate of drug-likeness (QED) is 0.296. The molecule has 0 saturated heterocycles.